The summed E-state index contributed by atoms with van der Waals surface area (Å²) in [7, 11) is 1.53. The minimum atomic E-state index is -1.20. The summed E-state index contributed by atoms with van der Waals surface area (Å²) < 4.78 is 19.0. The minimum Gasteiger partial charge on any atom is -0.496 e. The zero-order valence-electron chi connectivity index (χ0n) is 16.2. The van der Waals surface area contributed by atoms with Crippen LogP contribution in [0.25, 0.3) is 0 Å². The standard InChI is InChI=1S/C21H22FN3O4/c1-21(11-14-7-4-6-10-17(14)29-2)19(27)25(20(28)24-21)13-18(26)23-12-15-8-3-5-9-16(15)22/h3-10H,11-13H2,1-2H3,(H,23,26)(H,24,28)/t21-/m1/s1. The molecule has 0 aliphatic carbocycles. The topological polar surface area (TPSA) is 87.7 Å². The second kappa shape index (κ2) is 8.30. The Kier molecular flexibility index (Phi) is 5.81. The third kappa shape index (κ3) is 4.37. The lowest BCUT2D eigenvalue weighted by Gasteiger charge is -2.22. The summed E-state index contributed by atoms with van der Waals surface area (Å²) in [6.07, 6.45) is 0.217. The van der Waals surface area contributed by atoms with Crippen LogP contribution in [0.15, 0.2) is 48.5 Å². The van der Waals surface area contributed by atoms with Gasteiger partial charge >= 0.3 is 6.03 Å². The lowest BCUT2D eigenvalue weighted by atomic mass is 9.92. The van der Waals surface area contributed by atoms with Gasteiger partial charge in [0.2, 0.25) is 5.91 Å². The number of urea groups is 1. The van der Waals surface area contributed by atoms with Crippen molar-refractivity contribution in [1.29, 1.82) is 0 Å². The molecule has 152 valence electrons. The fourth-order valence-corrected chi connectivity index (χ4v) is 3.28. The van der Waals surface area contributed by atoms with Gasteiger partial charge in [0.25, 0.3) is 5.91 Å². The van der Waals surface area contributed by atoms with E-state index in [1.54, 1.807) is 31.2 Å². The third-order valence-electron chi connectivity index (χ3n) is 4.82. The monoisotopic (exact) mass is 399 g/mol. The summed E-state index contributed by atoms with van der Waals surface area (Å²) in [5, 5.41) is 5.19. The van der Waals surface area contributed by atoms with Crippen molar-refractivity contribution in [3.63, 3.8) is 0 Å². The lowest BCUT2D eigenvalue weighted by Crippen LogP contribution is -2.46. The first-order valence-electron chi connectivity index (χ1n) is 9.10. The van der Waals surface area contributed by atoms with Crippen molar-refractivity contribution in [1.82, 2.24) is 15.5 Å². The van der Waals surface area contributed by atoms with E-state index in [9.17, 15) is 18.8 Å². The van der Waals surface area contributed by atoms with Crippen LogP contribution in [0.5, 0.6) is 5.75 Å². The third-order valence-corrected chi connectivity index (χ3v) is 4.82. The predicted molar refractivity (Wildman–Crippen MR) is 104 cm³/mol. The molecule has 1 aliphatic rings. The molecule has 7 nitrogen and oxygen atoms in total. The van der Waals surface area contributed by atoms with Crippen LogP contribution in [0.4, 0.5) is 9.18 Å². The van der Waals surface area contributed by atoms with Gasteiger partial charge in [0.05, 0.1) is 7.11 Å². The summed E-state index contributed by atoms with van der Waals surface area (Å²) in [5.74, 6) is -0.892. The lowest BCUT2D eigenvalue weighted by molar-refractivity contribution is -0.134. The van der Waals surface area contributed by atoms with Crippen molar-refractivity contribution in [3.05, 3.63) is 65.5 Å². The van der Waals surface area contributed by atoms with Gasteiger partial charge in [0, 0.05) is 18.5 Å². The molecule has 0 radical (unpaired) electrons. The Balaban J connectivity index is 1.65. The van der Waals surface area contributed by atoms with E-state index in [0.717, 1.165) is 10.5 Å². The number of benzene rings is 2. The van der Waals surface area contributed by atoms with Crippen molar-refractivity contribution >= 4 is 17.8 Å². The van der Waals surface area contributed by atoms with Crippen LogP contribution < -0.4 is 15.4 Å². The maximum atomic E-state index is 13.6. The molecule has 29 heavy (non-hydrogen) atoms. The fraction of sp³-hybridized carbons (Fsp3) is 0.286. The molecule has 0 aromatic heterocycles. The first kappa shape index (κ1) is 20.3. The Morgan fingerprint density at radius 2 is 1.79 bits per heavy atom. The zero-order chi connectivity index (χ0) is 21.0. The zero-order valence-corrected chi connectivity index (χ0v) is 16.2. The number of nitrogens with zero attached hydrogens (tertiary/aromatic N) is 1. The van der Waals surface area contributed by atoms with E-state index >= 15 is 0 Å². The largest absolute Gasteiger partial charge is 0.496 e. The fourth-order valence-electron chi connectivity index (χ4n) is 3.28. The van der Waals surface area contributed by atoms with E-state index in [1.165, 1.54) is 13.2 Å². The van der Waals surface area contributed by atoms with E-state index < -0.39 is 35.7 Å². The second-order valence-corrected chi connectivity index (χ2v) is 7.01. The van der Waals surface area contributed by atoms with E-state index in [2.05, 4.69) is 10.6 Å². The Morgan fingerprint density at radius 3 is 2.48 bits per heavy atom. The highest BCUT2D eigenvalue weighted by Crippen LogP contribution is 2.27. The minimum absolute atomic E-state index is 0.0341. The number of nitrogens with one attached hydrogen (secondary N) is 2. The molecule has 3 rings (SSSR count). The Hall–Kier alpha value is -3.42. The predicted octanol–water partition coefficient (Wildman–Crippen LogP) is 2.00. The molecule has 1 saturated heterocycles. The summed E-state index contributed by atoms with van der Waals surface area (Å²) in [4.78, 5) is 38.3. The van der Waals surface area contributed by atoms with Crippen molar-refractivity contribution in [2.24, 2.45) is 0 Å². The molecule has 0 spiro atoms. The maximum absolute atomic E-state index is 13.6. The van der Waals surface area contributed by atoms with Gasteiger partial charge < -0.3 is 15.4 Å². The number of ether oxygens (including phenoxy) is 1. The van der Waals surface area contributed by atoms with E-state index in [4.69, 9.17) is 4.74 Å². The average molecular weight is 399 g/mol. The second-order valence-electron chi connectivity index (χ2n) is 7.01. The van der Waals surface area contributed by atoms with Crippen molar-refractivity contribution in [2.75, 3.05) is 13.7 Å². The Morgan fingerprint density at radius 1 is 1.14 bits per heavy atom. The summed E-state index contributed by atoms with van der Waals surface area (Å²) in [6, 6.07) is 12.6. The molecule has 1 fully saturated rings. The van der Waals surface area contributed by atoms with E-state index in [0.29, 0.717) is 11.3 Å². The average Bonchev–Trinajstić information content (AvgIpc) is 2.90. The molecule has 0 saturated carbocycles. The van der Waals surface area contributed by atoms with Gasteiger partial charge in [-0.3, -0.25) is 14.5 Å². The van der Waals surface area contributed by atoms with Crippen LogP contribution in [-0.4, -0.2) is 41.9 Å². The van der Waals surface area contributed by atoms with Gasteiger partial charge in [-0.1, -0.05) is 36.4 Å². The van der Waals surface area contributed by atoms with Crippen LogP contribution in [-0.2, 0) is 22.6 Å². The molecule has 0 unspecified atom stereocenters. The van der Waals surface area contributed by atoms with Crippen LogP contribution in [0.3, 0.4) is 0 Å². The first-order valence-corrected chi connectivity index (χ1v) is 9.10. The molecule has 1 atom stereocenters. The first-order chi connectivity index (χ1) is 13.8. The van der Waals surface area contributed by atoms with Gasteiger partial charge in [-0.15, -0.1) is 0 Å². The quantitative estimate of drug-likeness (QED) is 0.697. The number of hydrogen-bond acceptors (Lipinski definition) is 4. The number of para-hydroxylation sites is 1. The molecule has 2 aromatic carbocycles. The number of hydrogen-bond donors (Lipinski definition) is 2. The number of carbonyl (C=O) groups excluding carboxylic acids is 3. The number of imide groups is 1. The molecule has 0 bridgehead atoms. The summed E-state index contributed by atoms with van der Waals surface area (Å²) >= 11 is 0. The van der Waals surface area contributed by atoms with Crippen molar-refractivity contribution in [3.8, 4) is 5.75 Å². The molecular weight excluding hydrogens is 377 g/mol. The van der Waals surface area contributed by atoms with Crippen LogP contribution in [0.2, 0.25) is 0 Å². The molecule has 8 heteroatoms. The number of halogens is 1. The van der Waals surface area contributed by atoms with Crippen molar-refractivity contribution in [2.45, 2.75) is 25.4 Å². The SMILES string of the molecule is COc1ccccc1C[C@@]1(C)NC(=O)N(CC(=O)NCc2ccccc2F)C1=O. The maximum Gasteiger partial charge on any atom is 0.325 e. The van der Waals surface area contributed by atoms with E-state index in [1.807, 2.05) is 18.2 Å². The molecule has 2 aromatic rings. The molecule has 1 aliphatic heterocycles. The molecule has 2 N–H and O–H groups in total. The summed E-state index contributed by atoms with van der Waals surface area (Å²) in [6.45, 7) is 1.13. The number of amides is 4. The van der Waals surface area contributed by atoms with Gasteiger partial charge in [-0.2, -0.15) is 0 Å². The number of carbonyl (C=O) groups is 3. The number of methoxy groups -OCH3 is 1. The highest BCUT2D eigenvalue weighted by atomic mass is 19.1. The van der Waals surface area contributed by atoms with Crippen LogP contribution >= 0.6 is 0 Å². The van der Waals surface area contributed by atoms with Gasteiger partial charge in [0.15, 0.2) is 0 Å². The van der Waals surface area contributed by atoms with Gasteiger partial charge in [0.1, 0.15) is 23.7 Å². The molecule has 4 amide bonds. The van der Waals surface area contributed by atoms with Gasteiger partial charge in [-0.05, 0) is 24.6 Å². The normalized spacial score (nSPS) is 18.5. The molecule has 1 heterocycles. The Bertz CT molecular complexity index is 949. The van der Waals surface area contributed by atoms with Crippen LogP contribution in [0.1, 0.15) is 18.1 Å². The van der Waals surface area contributed by atoms with Gasteiger partial charge in [-0.25, -0.2) is 9.18 Å². The highest BCUT2D eigenvalue weighted by molar-refractivity contribution is 6.09. The van der Waals surface area contributed by atoms with Crippen LogP contribution in [0, 0.1) is 5.82 Å². The highest BCUT2D eigenvalue weighted by Gasteiger charge is 2.48. The van der Waals surface area contributed by atoms with Crippen molar-refractivity contribution < 1.29 is 23.5 Å². The molecular formula is C21H22FN3O4. The smallest absolute Gasteiger partial charge is 0.325 e. The number of rotatable bonds is 7. The van der Waals surface area contributed by atoms with E-state index in [-0.39, 0.29) is 13.0 Å². The summed E-state index contributed by atoms with van der Waals surface area (Å²) in [5.41, 5.74) is -0.117. The Labute approximate surface area is 167 Å².